The van der Waals surface area contributed by atoms with E-state index in [-0.39, 0.29) is 11.9 Å². The number of nitrogens with one attached hydrogen (secondary N) is 3. The summed E-state index contributed by atoms with van der Waals surface area (Å²) in [5.74, 6) is 1.89. The summed E-state index contributed by atoms with van der Waals surface area (Å²) in [5, 5.41) is 3.01. The zero-order valence-corrected chi connectivity index (χ0v) is 14.7. The number of hydrogen-bond donors (Lipinski definition) is 3. The standard InChI is InChI=1S/C18H27N3O3/c1-3-6-19-18(22)14(2)21-9-7-20(8-10-21)12-15-4-5-16-17(11-15)24-13-23-16/h4-5,11,14H,3,6-10,12-13H2,1-2H3,(H,19,22)/p+2/t14-/m1/s1. The molecule has 0 bridgehead atoms. The van der Waals surface area contributed by atoms with Gasteiger partial charge >= 0.3 is 0 Å². The van der Waals surface area contributed by atoms with Gasteiger partial charge in [0, 0.05) is 12.1 Å². The lowest BCUT2D eigenvalue weighted by molar-refractivity contribution is -1.02. The molecule has 0 radical (unpaired) electrons. The Kier molecular flexibility index (Phi) is 5.58. The maximum atomic E-state index is 12.1. The number of carbonyl (C=O) groups is 1. The maximum Gasteiger partial charge on any atom is 0.278 e. The van der Waals surface area contributed by atoms with Crippen LogP contribution in [0.1, 0.15) is 25.8 Å². The minimum atomic E-state index is 0.0450. The van der Waals surface area contributed by atoms with Gasteiger partial charge in [0.2, 0.25) is 6.79 Å². The van der Waals surface area contributed by atoms with Gasteiger partial charge in [-0.05, 0) is 31.5 Å². The van der Waals surface area contributed by atoms with Crippen LogP contribution in [0.5, 0.6) is 11.5 Å². The number of fused-ring (bicyclic) bond motifs is 1. The van der Waals surface area contributed by atoms with Gasteiger partial charge in [-0.15, -0.1) is 0 Å². The highest BCUT2D eigenvalue weighted by molar-refractivity contribution is 5.79. The van der Waals surface area contributed by atoms with E-state index in [0.717, 1.165) is 57.2 Å². The molecule has 1 aromatic rings. The van der Waals surface area contributed by atoms with Gasteiger partial charge in [-0.3, -0.25) is 4.79 Å². The predicted octanol–water partition coefficient (Wildman–Crippen LogP) is -1.39. The number of benzene rings is 1. The van der Waals surface area contributed by atoms with Gasteiger partial charge in [-0.2, -0.15) is 0 Å². The van der Waals surface area contributed by atoms with Crippen molar-refractivity contribution in [2.75, 3.05) is 39.5 Å². The molecule has 0 saturated carbocycles. The molecule has 3 rings (SSSR count). The fraction of sp³-hybridized carbons (Fsp3) is 0.611. The third-order valence-electron chi connectivity index (χ3n) is 5.05. The molecule has 2 aliphatic rings. The second-order valence-corrected chi connectivity index (χ2v) is 6.79. The minimum absolute atomic E-state index is 0.0450. The fourth-order valence-electron chi connectivity index (χ4n) is 3.46. The summed E-state index contributed by atoms with van der Waals surface area (Å²) in [4.78, 5) is 15.1. The lowest BCUT2D eigenvalue weighted by Gasteiger charge is -2.32. The van der Waals surface area contributed by atoms with Crippen LogP contribution < -0.4 is 24.6 Å². The van der Waals surface area contributed by atoms with E-state index in [2.05, 4.69) is 24.4 Å². The summed E-state index contributed by atoms with van der Waals surface area (Å²) >= 11 is 0. The molecule has 1 atom stereocenters. The quantitative estimate of drug-likeness (QED) is 0.600. The van der Waals surface area contributed by atoms with Crippen LogP contribution in [0, 0.1) is 0 Å². The molecule has 6 heteroatoms. The second kappa shape index (κ2) is 7.85. The maximum absolute atomic E-state index is 12.1. The molecule has 2 heterocycles. The number of ether oxygens (including phenoxy) is 2. The van der Waals surface area contributed by atoms with Gasteiger partial charge in [-0.1, -0.05) is 6.92 Å². The van der Waals surface area contributed by atoms with E-state index >= 15 is 0 Å². The largest absolute Gasteiger partial charge is 0.454 e. The first-order chi connectivity index (χ1) is 11.7. The van der Waals surface area contributed by atoms with Crippen molar-refractivity contribution in [2.24, 2.45) is 0 Å². The molecule has 0 aromatic heterocycles. The van der Waals surface area contributed by atoms with Gasteiger partial charge in [0.25, 0.3) is 5.91 Å². The minimum Gasteiger partial charge on any atom is -0.454 e. The van der Waals surface area contributed by atoms with Crippen LogP contribution >= 0.6 is 0 Å². The Morgan fingerprint density at radius 2 is 1.96 bits per heavy atom. The van der Waals surface area contributed by atoms with Crippen LogP contribution in [0.4, 0.5) is 0 Å². The normalized spacial score (nSPS) is 23.8. The number of amides is 1. The molecular formula is C18H29N3O3+2. The van der Waals surface area contributed by atoms with Crippen LogP contribution in [0.15, 0.2) is 18.2 Å². The van der Waals surface area contributed by atoms with Crippen LogP contribution in [-0.4, -0.2) is 51.5 Å². The van der Waals surface area contributed by atoms with E-state index in [9.17, 15) is 4.79 Å². The summed E-state index contributed by atoms with van der Waals surface area (Å²) in [6.45, 7) is 10.5. The van der Waals surface area contributed by atoms with Crippen LogP contribution in [0.25, 0.3) is 0 Å². The van der Waals surface area contributed by atoms with E-state index in [4.69, 9.17) is 9.47 Å². The molecule has 2 aliphatic heterocycles. The molecule has 0 unspecified atom stereocenters. The topological polar surface area (TPSA) is 56.4 Å². The van der Waals surface area contributed by atoms with E-state index in [1.165, 1.54) is 10.5 Å². The summed E-state index contributed by atoms with van der Waals surface area (Å²) in [7, 11) is 0. The van der Waals surface area contributed by atoms with Crippen molar-refractivity contribution >= 4 is 5.91 Å². The smallest absolute Gasteiger partial charge is 0.278 e. The number of quaternary nitrogens is 2. The Morgan fingerprint density at radius 1 is 1.21 bits per heavy atom. The molecule has 3 N–H and O–H groups in total. The van der Waals surface area contributed by atoms with E-state index in [1.54, 1.807) is 4.90 Å². The fourth-order valence-corrected chi connectivity index (χ4v) is 3.46. The van der Waals surface area contributed by atoms with Gasteiger partial charge in [0.15, 0.2) is 17.5 Å². The van der Waals surface area contributed by atoms with Crippen LogP contribution in [-0.2, 0) is 11.3 Å². The Bertz CT molecular complexity index is 571. The molecule has 1 aromatic carbocycles. The average molecular weight is 335 g/mol. The predicted molar refractivity (Wildman–Crippen MR) is 90.4 cm³/mol. The molecule has 132 valence electrons. The summed E-state index contributed by atoms with van der Waals surface area (Å²) in [6, 6.07) is 6.26. The van der Waals surface area contributed by atoms with Gasteiger partial charge in [0.05, 0.1) is 0 Å². The Hall–Kier alpha value is -1.79. The Morgan fingerprint density at radius 3 is 2.71 bits per heavy atom. The van der Waals surface area contributed by atoms with Crippen molar-refractivity contribution in [3.63, 3.8) is 0 Å². The van der Waals surface area contributed by atoms with Crippen molar-refractivity contribution in [3.05, 3.63) is 23.8 Å². The van der Waals surface area contributed by atoms with Gasteiger partial charge in [0.1, 0.15) is 32.7 Å². The highest BCUT2D eigenvalue weighted by Gasteiger charge is 2.30. The molecule has 24 heavy (non-hydrogen) atoms. The van der Waals surface area contributed by atoms with E-state index in [1.807, 2.05) is 13.0 Å². The summed E-state index contributed by atoms with van der Waals surface area (Å²) in [5.41, 5.74) is 1.28. The van der Waals surface area contributed by atoms with E-state index < -0.39 is 0 Å². The molecule has 0 spiro atoms. The number of carbonyl (C=O) groups excluding carboxylic acids is 1. The molecule has 1 amide bonds. The first kappa shape index (κ1) is 17.0. The molecular weight excluding hydrogens is 306 g/mol. The van der Waals surface area contributed by atoms with Crippen molar-refractivity contribution < 1.29 is 24.1 Å². The van der Waals surface area contributed by atoms with Crippen molar-refractivity contribution in [2.45, 2.75) is 32.9 Å². The highest BCUT2D eigenvalue weighted by Crippen LogP contribution is 2.32. The zero-order chi connectivity index (χ0) is 16.9. The number of rotatable bonds is 6. The van der Waals surface area contributed by atoms with Gasteiger partial charge < -0.3 is 24.6 Å². The Balaban J connectivity index is 1.47. The third-order valence-corrected chi connectivity index (χ3v) is 5.05. The summed E-state index contributed by atoms with van der Waals surface area (Å²) in [6.07, 6.45) is 0.987. The van der Waals surface area contributed by atoms with Crippen molar-refractivity contribution in [3.8, 4) is 11.5 Å². The molecule has 1 fully saturated rings. The first-order valence-corrected chi connectivity index (χ1v) is 9.01. The first-order valence-electron chi connectivity index (χ1n) is 9.01. The summed E-state index contributed by atoms with van der Waals surface area (Å²) < 4.78 is 10.8. The molecule has 1 saturated heterocycles. The monoisotopic (exact) mass is 335 g/mol. The van der Waals surface area contributed by atoms with Crippen LogP contribution in [0.2, 0.25) is 0 Å². The lowest BCUT2D eigenvalue weighted by Crippen LogP contribution is -3.29. The highest BCUT2D eigenvalue weighted by atomic mass is 16.7. The van der Waals surface area contributed by atoms with Crippen molar-refractivity contribution in [1.82, 2.24) is 5.32 Å². The second-order valence-electron chi connectivity index (χ2n) is 6.79. The average Bonchev–Trinajstić information content (AvgIpc) is 3.07. The molecule has 0 aliphatic carbocycles. The SMILES string of the molecule is CCCNC(=O)[C@@H](C)[NH+]1CC[NH+](Cc2ccc3c(c2)OCO3)CC1. The number of piperazine rings is 1. The lowest BCUT2D eigenvalue weighted by atomic mass is 10.1. The Labute approximate surface area is 143 Å². The zero-order valence-electron chi connectivity index (χ0n) is 14.7. The van der Waals surface area contributed by atoms with Crippen molar-refractivity contribution in [1.29, 1.82) is 0 Å². The third kappa shape index (κ3) is 3.99. The van der Waals surface area contributed by atoms with E-state index in [0.29, 0.717) is 6.79 Å². The van der Waals surface area contributed by atoms with Crippen LogP contribution in [0.3, 0.4) is 0 Å². The molecule has 6 nitrogen and oxygen atoms in total. The number of hydrogen-bond acceptors (Lipinski definition) is 3. The van der Waals surface area contributed by atoms with Gasteiger partial charge in [-0.25, -0.2) is 0 Å².